The molecular weight excluding hydrogens is 224 g/mol. The molecule has 0 aromatic heterocycles. The molecular formula is C11H16N2O4. The molecule has 2 unspecified atom stereocenters. The smallest absolute Gasteiger partial charge is 0.324 e. The van der Waals surface area contributed by atoms with E-state index in [2.05, 4.69) is 5.32 Å². The average molecular weight is 240 g/mol. The van der Waals surface area contributed by atoms with Crippen molar-refractivity contribution in [3.05, 3.63) is 0 Å². The van der Waals surface area contributed by atoms with Crippen molar-refractivity contribution in [1.82, 2.24) is 10.2 Å². The van der Waals surface area contributed by atoms with E-state index in [-0.39, 0.29) is 18.2 Å². The minimum Gasteiger partial charge on any atom is -0.480 e. The van der Waals surface area contributed by atoms with Crippen LogP contribution in [-0.4, -0.2) is 45.9 Å². The van der Waals surface area contributed by atoms with Crippen LogP contribution in [0.15, 0.2) is 0 Å². The van der Waals surface area contributed by atoms with E-state index < -0.39 is 17.6 Å². The number of imide groups is 1. The Balaban J connectivity index is 2.28. The van der Waals surface area contributed by atoms with Crippen molar-refractivity contribution in [1.29, 1.82) is 0 Å². The largest absolute Gasteiger partial charge is 0.480 e. The summed E-state index contributed by atoms with van der Waals surface area (Å²) in [6, 6.07) is -0.610. The standard InChI is InChI=1S/C11H16N2O4/c1-2-11(10(16)17)4-3-5-13(11)7-6-8(14)12-9(7)15/h7H,2-6H2,1H3,(H,16,17)(H,12,14,15). The molecule has 0 bridgehead atoms. The molecule has 2 atom stereocenters. The Bertz CT molecular complexity index is 382. The number of hydrogen-bond donors (Lipinski definition) is 2. The van der Waals surface area contributed by atoms with Crippen LogP contribution in [0.25, 0.3) is 0 Å². The van der Waals surface area contributed by atoms with E-state index >= 15 is 0 Å². The van der Waals surface area contributed by atoms with Crippen LogP contribution in [0.4, 0.5) is 0 Å². The Hall–Kier alpha value is -1.43. The maximum Gasteiger partial charge on any atom is 0.324 e. The third kappa shape index (κ3) is 1.72. The first-order valence-electron chi connectivity index (χ1n) is 5.85. The highest BCUT2D eigenvalue weighted by Crippen LogP contribution is 2.36. The fourth-order valence-electron chi connectivity index (χ4n) is 2.91. The van der Waals surface area contributed by atoms with Crippen molar-refractivity contribution in [2.45, 2.75) is 44.2 Å². The number of likely N-dealkylation sites (tertiary alicyclic amines) is 1. The summed E-state index contributed by atoms with van der Waals surface area (Å²) < 4.78 is 0. The summed E-state index contributed by atoms with van der Waals surface area (Å²) in [5, 5.41) is 11.6. The summed E-state index contributed by atoms with van der Waals surface area (Å²) in [5.41, 5.74) is -0.980. The Kier molecular flexibility index (Phi) is 2.91. The summed E-state index contributed by atoms with van der Waals surface area (Å²) in [6.07, 6.45) is 1.81. The minimum atomic E-state index is -0.980. The summed E-state index contributed by atoms with van der Waals surface area (Å²) in [6.45, 7) is 2.37. The van der Waals surface area contributed by atoms with Gasteiger partial charge in [0.05, 0.1) is 12.5 Å². The lowest BCUT2D eigenvalue weighted by Gasteiger charge is -2.36. The van der Waals surface area contributed by atoms with E-state index in [1.54, 1.807) is 11.8 Å². The van der Waals surface area contributed by atoms with Gasteiger partial charge in [-0.15, -0.1) is 0 Å². The molecule has 94 valence electrons. The summed E-state index contributed by atoms with van der Waals surface area (Å²) in [5.74, 6) is -1.58. The molecule has 2 N–H and O–H groups in total. The van der Waals surface area contributed by atoms with Gasteiger partial charge in [-0.3, -0.25) is 24.6 Å². The lowest BCUT2D eigenvalue weighted by atomic mass is 9.91. The van der Waals surface area contributed by atoms with Gasteiger partial charge in [0.2, 0.25) is 11.8 Å². The van der Waals surface area contributed by atoms with E-state index in [9.17, 15) is 19.5 Å². The van der Waals surface area contributed by atoms with Gasteiger partial charge in [-0.2, -0.15) is 0 Å². The number of amides is 2. The number of carboxylic acid groups (broad SMARTS) is 1. The van der Waals surface area contributed by atoms with E-state index in [1.807, 2.05) is 0 Å². The first-order valence-corrected chi connectivity index (χ1v) is 5.85. The van der Waals surface area contributed by atoms with Crippen molar-refractivity contribution < 1.29 is 19.5 Å². The van der Waals surface area contributed by atoms with Crippen molar-refractivity contribution in [3.63, 3.8) is 0 Å². The van der Waals surface area contributed by atoms with E-state index in [0.717, 1.165) is 6.42 Å². The molecule has 0 saturated carbocycles. The molecule has 2 aliphatic heterocycles. The predicted molar refractivity (Wildman–Crippen MR) is 58.2 cm³/mol. The Morgan fingerprint density at radius 2 is 2.29 bits per heavy atom. The maximum atomic E-state index is 11.6. The lowest BCUT2D eigenvalue weighted by Crippen LogP contribution is -2.56. The fraction of sp³-hybridized carbons (Fsp3) is 0.727. The Labute approximate surface area is 99.0 Å². The average Bonchev–Trinajstić information content (AvgIpc) is 2.81. The number of rotatable bonds is 3. The molecule has 2 fully saturated rings. The molecule has 0 aliphatic carbocycles. The Morgan fingerprint density at radius 1 is 1.59 bits per heavy atom. The fourth-order valence-corrected chi connectivity index (χ4v) is 2.91. The number of carbonyl (C=O) groups excluding carboxylic acids is 2. The first-order chi connectivity index (χ1) is 8.01. The molecule has 2 amide bonds. The second-order valence-corrected chi connectivity index (χ2v) is 4.62. The highest BCUT2D eigenvalue weighted by molar-refractivity contribution is 6.05. The van der Waals surface area contributed by atoms with Crippen molar-refractivity contribution in [3.8, 4) is 0 Å². The summed E-state index contributed by atoms with van der Waals surface area (Å²) in [4.78, 5) is 36.0. The van der Waals surface area contributed by atoms with Gasteiger partial charge in [-0.25, -0.2) is 0 Å². The molecule has 2 heterocycles. The SMILES string of the molecule is CCC1(C(=O)O)CCCN1C1CC(=O)NC1=O. The molecule has 0 spiro atoms. The van der Waals surface area contributed by atoms with E-state index in [4.69, 9.17) is 0 Å². The number of carboxylic acids is 1. The Morgan fingerprint density at radius 3 is 2.76 bits per heavy atom. The van der Waals surface area contributed by atoms with E-state index in [0.29, 0.717) is 19.4 Å². The second-order valence-electron chi connectivity index (χ2n) is 4.62. The lowest BCUT2D eigenvalue weighted by molar-refractivity contribution is -0.152. The molecule has 0 aromatic carbocycles. The first kappa shape index (κ1) is 12.0. The molecule has 2 aliphatic rings. The summed E-state index contributed by atoms with van der Waals surface area (Å²) >= 11 is 0. The van der Waals surface area contributed by atoms with Crippen molar-refractivity contribution >= 4 is 17.8 Å². The molecule has 0 radical (unpaired) electrons. The zero-order valence-electron chi connectivity index (χ0n) is 9.73. The molecule has 0 aromatic rings. The number of carbonyl (C=O) groups is 3. The van der Waals surface area contributed by atoms with Crippen LogP contribution in [0.5, 0.6) is 0 Å². The highest BCUT2D eigenvalue weighted by atomic mass is 16.4. The van der Waals surface area contributed by atoms with Crippen LogP contribution in [0.1, 0.15) is 32.6 Å². The number of aliphatic carboxylic acids is 1. The van der Waals surface area contributed by atoms with Crippen LogP contribution in [-0.2, 0) is 14.4 Å². The number of nitrogens with zero attached hydrogens (tertiary/aromatic N) is 1. The van der Waals surface area contributed by atoms with Gasteiger partial charge in [0.1, 0.15) is 5.54 Å². The topological polar surface area (TPSA) is 86.7 Å². The van der Waals surface area contributed by atoms with Crippen LogP contribution in [0, 0.1) is 0 Å². The van der Waals surface area contributed by atoms with Crippen molar-refractivity contribution in [2.75, 3.05) is 6.54 Å². The van der Waals surface area contributed by atoms with Gasteiger partial charge < -0.3 is 5.11 Å². The zero-order valence-corrected chi connectivity index (χ0v) is 9.73. The van der Waals surface area contributed by atoms with Gasteiger partial charge in [0, 0.05) is 6.54 Å². The van der Waals surface area contributed by atoms with Crippen molar-refractivity contribution in [2.24, 2.45) is 0 Å². The molecule has 6 heteroatoms. The third-order valence-corrected chi connectivity index (χ3v) is 3.84. The maximum absolute atomic E-state index is 11.6. The predicted octanol–water partition coefficient (Wildman–Crippen LogP) is -0.269. The highest BCUT2D eigenvalue weighted by Gasteiger charge is 2.52. The number of nitrogens with one attached hydrogen (secondary N) is 1. The van der Waals surface area contributed by atoms with Crippen LogP contribution >= 0.6 is 0 Å². The van der Waals surface area contributed by atoms with Crippen LogP contribution in [0.2, 0.25) is 0 Å². The van der Waals surface area contributed by atoms with Crippen LogP contribution < -0.4 is 5.32 Å². The molecule has 6 nitrogen and oxygen atoms in total. The monoisotopic (exact) mass is 240 g/mol. The normalized spacial score (nSPS) is 34.1. The molecule has 2 rings (SSSR count). The van der Waals surface area contributed by atoms with Gasteiger partial charge in [0.25, 0.3) is 0 Å². The number of hydrogen-bond acceptors (Lipinski definition) is 4. The summed E-state index contributed by atoms with van der Waals surface area (Å²) in [7, 11) is 0. The quantitative estimate of drug-likeness (QED) is 0.663. The minimum absolute atomic E-state index is 0.0772. The van der Waals surface area contributed by atoms with Gasteiger partial charge in [0.15, 0.2) is 0 Å². The second kappa shape index (κ2) is 4.10. The van der Waals surface area contributed by atoms with Crippen LogP contribution in [0.3, 0.4) is 0 Å². The molecule has 17 heavy (non-hydrogen) atoms. The van der Waals surface area contributed by atoms with Gasteiger partial charge in [-0.05, 0) is 19.3 Å². The molecule has 2 saturated heterocycles. The van der Waals surface area contributed by atoms with E-state index in [1.165, 1.54) is 0 Å². The van der Waals surface area contributed by atoms with Gasteiger partial charge >= 0.3 is 5.97 Å². The third-order valence-electron chi connectivity index (χ3n) is 3.84. The zero-order chi connectivity index (χ0) is 12.6. The van der Waals surface area contributed by atoms with Gasteiger partial charge in [-0.1, -0.05) is 6.92 Å².